The van der Waals surface area contributed by atoms with Gasteiger partial charge in [-0.05, 0) is 145 Å². The van der Waals surface area contributed by atoms with Gasteiger partial charge in [0, 0.05) is 150 Å². The number of hydroxylamine groups is 6. The van der Waals surface area contributed by atoms with Crippen LogP contribution in [0, 0.1) is 37.0 Å². The predicted molar refractivity (Wildman–Crippen MR) is 525 cm³/mol. The van der Waals surface area contributed by atoms with Gasteiger partial charge in [0.15, 0.2) is 0 Å². The zero-order valence-corrected chi connectivity index (χ0v) is 82.0. The van der Waals surface area contributed by atoms with Crippen molar-refractivity contribution in [2.75, 3.05) is 55.9 Å². The number of aliphatic hydroxyl groups is 2. The molecule has 0 radical (unpaired) electrons. The van der Waals surface area contributed by atoms with Gasteiger partial charge < -0.3 is 79.6 Å². The van der Waals surface area contributed by atoms with Gasteiger partial charge >= 0.3 is 53.7 Å². The number of nitrogens with one attached hydrogen (secondary N) is 3. The number of aliphatic hydroxyl groups excluding tert-OH is 2. The lowest BCUT2D eigenvalue weighted by Crippen LogP contribution is -2.46. The fourth-order valence-electron chi connectivity index (χ4n) is 14.3. The van der Waals surface area contributed by atoms with Crippen molar-refractivity contribution >= 4 is 177 Å². The van der Waals surface area contributed by atoms with E-state index in [2.05, 4.69) is 89.9 Å². The van der Waals surface area contributed by atoms with E-state index >= 15 is 0 Å². The van der Waals surface area contributed by atoms with Crippen LogP contribution in [0.5, 0.6) is 0 Å². The molecule has 11 aromatic rings. The highest BCUT2D eigenvalue weighted by atomic mass is 79.9. The molecule has 0 bridgehead atoms. The van der Waals surface area contributed by atoms with Gasteiger partial charge in [0.25, 0.3) is 59.1 Å². The molecule has 10 amide bonds. The summed E-state index contributed by atoms with van der Waals surface area (Å²) >= 11 is 6.86. The first-order valence-corrected chi connectivity index (χ1v) is 45.1. The Hall–Kier alpha value is -17.3. The zero-order valence-electron chi connectivity index (χ0n) is 79.8. The Labute approximate surface area is 850 Å². The molecule has 3 aromatic heterocycles. The number of benzene rings is 8. The van der Waals surface area contributed by atoms with Crippen molar-refractivity contribution < 1.29 is 157 Å². The van der Waals surface area contributed by atoms with Crippen molar-refractivity contribution in [3.63, 3.8) is 0 Å². The first kappa shape index (κ1) is 114. The summed E-state index contributed by atoms with van der Waals surface area (Å²) in [5.74, 6) is -3.62. The van der Waals surface area contributed by atoms with Crippen LogP contribution >= 0.6 is 31.9 Å². The summed E-state index contributed by atoms with van der Waals surface area (Å²) in [6.07, 6.45) is 19.7. The number of halogens is 2. The summed E-state index contributed by atoms with van der Waals surface area (Å²) in [5, 5.41) is 37.9. The maximum absolute atomic E-state index is 12.9. The minimum absolute atomic E-state index is 0. The third-order valence-electron chi connectivity index (χ3n) is 21.4. The summed E-state index contributed by atoms with van der Waals surface area (Å²) < 4.78 is 35.6. The molecular weight excluding hydrogens is 2030 g/mol. The van der Waals surface area contributed by atoms with E-state index in [1.807, 2.05) is 60.8 Å². The highest BCUT2D eigenvalue weighted by molar-refractivity contribution is 9.10. The molecule has 16 rings (SSSR count). The number of methoxy groups -OCH3 is 6. The van der Waals surface area contributed by atoms with Crippen molar-refractivity contribution in [3.05, 3.63) is 281 Å². The molecule has 0 spiro atoms. The van der Waals surface area contributed by atoms with Gasteiger partial charge in [0.2, 0.25) is 0 Å². The SMILES string of the molecule is C#CCCCO.COC(=O)[C@@H](N)Cc1c[nH]c2ccc(Br)cc12.COC(=O)[C@H](Cc1c[nH]c2ccc(Br)cc12)N1C(=O)c2ccccc2C1=O.COC(=O)[C@H](Cc1c[nH]c2ccc(C#CCCCO)cc12)N1C(=O)c2ccccc2C1=O.COC(=O)c1ccccc1C(=O)O.COC(=O)c1ccccc1C(=O)ON1C(=O)CCC1=O.COC(=O)c1ccccc1C(=O)ON1C(=O)CCC1=O.O.O=C1CCC(=O)N1O.[2H]C#C. The molecule has 760 valence electrons. The van der Waals surface area contributed by atoms with Crippen molar-refractivity contribution in [2.24, 2.45) is 5.73 Å². The zero-order chi connectivity index (χ0) is 107. The summed E-state index contributed by atoms with van der Waals surface area (Å²) in [6, 6.07) is 45.2. The molecule has 8 heterocycles. The highest BCUT2D eigenvalue weighted by Crippen LogP contribution is 2.33. The fraction of sp³-hybridized carbons (Fsp3) is 0.233. The molecule has 43 heteroatoms. The number of hydrogen-bond acceptors (Lipinski definition) is 31. The monoisotopic (exact) mass is 2130 g/mol. The number of aromatic amines is 3. The van der Waals surface area contributed by atoms with Gasteiger partial charge in [-0.2, -0.15) is 5.06 Å². The summed E-state index contributed by atoms with van der Waals surface area (Å²) in [6.45, 7) is 0.312. The smallest absolute Gasteiger partial charge is 0.364 e. The number of aromatic carboxylic acids is 1. The van der Waals surface area contributed by atoms with Gasteiger partial charge in [-0.25, -0.2) is 38.4 Å². The minimum atomic E-state index is -1.14. The van der Waals surface area contributed by atoms with E-state index in [-0.39, 0.29) is 120 Å². The number of amides is 10. The number of fused-ring (bicyclic) bond motifs is 5. The maximum Gasteiger partial charge on any atom is 0.364 e. The molecule has 3 saturated heterocycles. The molecule has 0 aliphatic carbocycles. The van der Waals surface area contributed by atoms with E-state index < -0.39 is 131 Å². The van der Waals surface area contributed by atoms with E-state index in [9.17, 15) is 91.1 Å². The number of carboxylic acid groups (broad SMARTS) is 1. The van der Waals surface area contributed by atoms with Crippen molar-refractivity contribution in [1.82, 2.24) is 39.9 Å². The third-order valence-corrected chi connectivity index (χ3v) is 22.4. The van der Waals surface area contributed by atoms with E-state index in [1.54, 1.807) is 85.2 Å². The van der Waals surface area contributed by atoms with Crippen LogP contribution in [0.2, 0.25) is 0 Å². The molecule has 146 heavy (non-hydrogen) atoms. The van der Waals surface area contributed by atoms with E-state index in [0.717, 1.165) is 80.1 Å². The van der Waals surface area contributed by atoms with Crippen LogP contribution in [0.4, 0.5) is 0 Å². The van der Waals surface area contributed by atoms with Crippen LogP contribution in [-0.4, -0.2) is 253 Å². The Morgan fingerprint density at radius 2 is 0.726 bits per heavy atom. The number of aromatic nitrogens is 3. The number of ether oxygens (including phenoxy) is 6. The average Bonchev–Trinajstić information content (AvgIpc) is 1.61. The standard InChI is InChI=1S/C25H22N2O5.C20H15BrN2O4.2C13H11NO6.C12H13BrN2O2.C9H8O4.C5H8O.C4H5NO3.C2H2.H2O/c1-32-25(31)22(27-23(29)18-8-4-5-9-19(18)24(27)30)14-17-15-26-21-11-10-16(13-20(17)21)7-3-2-6-12-28;1-27-20(26)17(8-11-10-22-16-7-6-12(21)9-15(11)16)23-18(24)13-4-2-3-5-14(13)19(23)25;2*1-19-12(17)8-4-2-3-5-9(8)13(18)20-14-10(15)6-7-11(14)16;1-17-12(16)10(14)4-7-6-15-11-3-2-8(13)5-9(7)11;1-13-9(12)7-5-3-2-4-6(7)8(10)11;1-2-3-4-5-6;6-3-1-2-4(7)5(3)8;1-2;/h4-5,8-11,13,15,22,26,28H,2,6,12,14H2,1H3;2-7,9-10,17,22H,8H2,1H3;2*2-5H,6-7H2,1H3;2-3,5-6,10,15H,4,14H2,1H3;2-5H,1H3,(H,10,11);1,6H,3-5H2;8H,1-2H2;1-2H;1H2/t22-;17-;;;10-;;;;;/m00..0...../s1/i;;;;;;;;1D;. The lowest BCUT2D eigenvalue weighted by atomic mass is 10.0. The average molecular weight is 2130 g/mol. The van der Waals surface area contributed by atoms with Gasteiger partial charge in [-0.3, -0.25) is 67.7 Å². The molecule has 5 aliphatic rings. The van der Waals surface area contributed by atoms with Crippen LogP contribution in [0.25, 0.3) is 32.7 Å². The second kappa shape index (κ2) is 56.4. The normalized spacial score (nSPS) is 13.4. The van der Waals surface area contributed by atoms with Gasteiger partial charge in [0.05, 0.1) is 98.3 Å². The first-order chi connectivity index (χ1) is 70.0. The molecular formula is C103H97Br2N9O32. The molecule has 5 aliphatic heterocycles. The van der Waals surface area contributed by atoms with Gasteiger partial charge in [-0.15, -0.1) is 35.3 Å². The number of unbranched alkanes of at least 4 members (excludes halogenated alkanes) is 2. The second-order valence-electron chi connectivity index (χ2n) is 30.6. The highest BCUT2D eigenvalue weighted by Gasteiger charge is 2.46. The lowest BCUT2D eigenvalue weighted by Gasteiger charge is -2.23. The molecule has 41 nitrogen and oxygen atoms in total. The number of carbonyl (C=O) groups excluding carboxylic acids is 18. The Kier molecular flexibility index (Phi) is 44.1. The largest absolute Gasteiger partial charge is 0.478 e. The Balaban J connectivity index is 0.000000235. The van der Waals surface area contributed by atoms with E-state index in [0.29, 0.717) is 46.9 Å². The number of terminal acetylenes is 2. The topological polar surface area (TPSA) is 600 Å². The van der Waals surface area contributed by atoms with Crippen LogP contribution in [-0.2, 0) is 101 Å². The van der Waals surface area contributed by atoms with Crippen LogP contribution in [0.3, 0.4) is 0 Å². The molecule has 0 saturated carbocycles. The summed E-state index contributed by atoms with van der Waals surface area (Å²) in [5.41, 5.74) is 13.0. The number of hydrogen-bond donors (Lipinski definition) is 8. The molecule has 3 atom stereocenters. The number of carbonyl (C=O) groups is 19. The quantitative estimate of drug-likeness (QED) is 0.00737. The van der Waals surface area contributed by atoms with Crippen molar-refractivity contribution in [2.45, 2.75) is 102 Å². The van der Waals surface area contributed by atoms with E-state index in [1.165, 1.54) is 97.6 Å². The maximum atomic E-state index is 12.9. The molecule has 11 N–H and O–H groups in total. The number of rotatable bonds is 23. The predicted octanol–water partition coefficient (Wildman–Crippen LogP) is 9.86. The van der Waals surface area contributed by atoms with Crippen LogP contribution < -0.4 is 5.73 Å². The fourth-order valence-corrected chi connectivity index (χ4v) is 15.0. The Bertz CT molecular complexity index is 6740. The van der Waals surface area contributed by atoms with Crippen molar-refractivity contribution in [3.8, 4) is 37.0 Å². The Morgan fingerprint density at radius 1 is 0.425 bits per heavy atom. The van der Waals surface area contributed by atoms with E-state index in [4.69, 9.17) is 53.2 Å². The summed E-state index contributed by atoms with van der Waals surface area (Å²) in [7, 11) is 7.40. The van der Waals surface area contributed by atoms with Gasteiger partial charge in [0.1, 0.15) is 19.5 Å². The second-order valence-corrected chi connectivity index (χ2v) is 32.4. The molecule has 8 aromatic carbocycles. The summed E-state index contributed by atoms with van der Waals surface area (Å²) in [4.78, 5) is 243. The van der Waals surface area contributed by atoms with Gasteiger partial charge in [-0.1, -0.05) is 104 Å². The Morgan fingerprint density at radius 3 is 1.03 bits per heavy atom. The number of esters is 6. The number of nitrogens with two attached hydrogens (primary N) is 1. The number of H-pyrrole nitrogens is 3. The lowest BCUT2D eigenvalue weighted by molar-refractivity contribution is -0.173. The number of nitrogens with zero attached hydrogens (tertiary/aromatic N) is 5. The number of imide groups is 5. The molecule has 0 unspecified atom stereocenters. The minimum Gasteiger partial charge on any atom is -0.478 e. The van der Waals surface area contributed by atoms with Crippen molar-refractivity contribution in [1.29, 1.82) is 0 Å². The van der Waals surface area contributed by atoms with Crippen LogP contribution in [0.1, 0.15) is 191 Å². The number of carboxylic acids is 1. The molecule has 3 fully saturated rings. The third kappa shape index (κ3) is 29.7. The first-order valence-electron chi connectivity index (χ1n) is 44.0. The van der Waals surface area contributed by atoms with Crippen LogP contribution in [0.15, 0.2) is 203 Å².